The molecule has 28 heavy (non-hydrogen) atoms. The first-order valence-corrected chi connectivity index (χ1v) is 8.74. The lowest BCUT2D eigenvalue weighted by Crippen LogP contribution is -2.22. The van der Waals surface area contributed by atoms with Crippen LogP contribution in [0.25, 0.3) is 6.08 Å². The minimum absolute atomic E-state index is 0.108. The van der Waals surface area contributed by atoms with Crippen LogP contribution in [0.5, 0.6) is 17.2 Å². The van der Waals surface area contributed by atoms with E-state index in [1.165, 1.54) is 25.3 Å². The number of amides is 1. The van der Waals surface area contributed by atoms with Gasteiger partial charge in [-0.3, -0.25) is 4.79 Å². The summed E-state index contributed by atoms with van der Waals surface area (Å²) in [6.45, 7) is -2.50. The van der Waals surface area contributed by atoms with Crippen molar-refractivity contribution in [2.45, 2.75) is 19.5 Å². The summed E-state index contributed by atoms with van der Waals surface area (Å²) in [6, 6.07) is 12.4. The summed E-state index contributed by atoms with van der Waals surface area (Å²) in [4.78, 5) is 12.0. The normalized spacial score (nSPS) is 10.9. The number of alkyl halides is 2. The number of para-hydroxylation sites is 1. The SMILES string of the molecule is COc1ccc(CCCNC(=O)/C=C/c2cccc(OC)c2OC(F)F)cc1. The summed E-state index contributed by atoms with van der Waals surface area (Å²) in [7, 11) is 2.98. The second-order valence-corrected chi connectivity index (χ2v) is 5.83. The number of hydrogen-bond donors (Lipinski definition) is 1. The van der Waals surface area contributed by atoms with Crippen LogP contribution in [0.4, 0.5) is 8.78 Å². The molecule has 5 nitrogen and oxygen atoms in total. The summed E-state index contributed by atoms with van der Waals surface area (Å²) < 4.78 is 39.9. The largest absolute Gasteiger partial charge is 0.497 e. The van der Waals surface area contributed by atoms with Crippen LogP contribution in [-0.4, -0.2) is 33.3 Å². The Morgan fingerprint density at radius 3 is 2.50 bits per heavy atom. The molecule has 0 heterocycles. The Morgan fingerprint density at radius 2 is 1.86 bits per heavy atom. The van der Waals surface area contributed by atoms with Gasteiger partial charge in [0, 0.05) is 18.2 Å². The molecule has 0 fully saturated rings. The Labute approximate surface area is 162 Å². The van der Waals surface area contributed by atoms with Gasteiger partial charge in [0.25, 0.3) is 0 Å². The molecule has 0 aromatic heterocycles. The molecule has 2 rings (SSSR count). The summed E-state index contributed by atoms with van der Waals surface area (Å²) >= 11 is 0. The lowest BCUT2D eigenvalue weighted by atomic mass is 10.1. The summed E-state index contributed by atoms with van der Waals surface area (Å²) in [5, 5.41) is 2.76. The highest BCUT2D eigenvalue weighted by molar-refractivity contribution is 5.92. The second-order valence-electron chi connectivity index (χ2n) is 5.83. The summed E-state index contributed by atoms with van der Waals surface area (Å²) in [6.07, 6.45) is 4.28. The van der Waals surface area contributed by atoms with Gasteiger partial charge < -0.3 is 19.5 Å². The Morgan fingerprint density at radius 1 is 1.11 bits per heavy atom. The van der Waals surface area contributed by atoms with Gasteiger partial charge in [-0.15, -0.1) is 0 Å². The molecule has 7 heteroatoms. The lowest BCUT2D eigenvalue weighted by molar-refractivity contribution is -0.116. The predicted molar refractivity (Wildman–Crippen MR) is 103 cm³/mol. The predicted octanol–water partition coefficient (Wildman–Crippen LogP) is 4.07. The molecule has 1 N–H and O–H groups in total. The molecule has 2 aromatic rings. The first kappa shape index (κ1) is 21.2. The zero-order valence-corrected chi connectivity index (χ0v) is 15.8. The number of rotatable bonds is 10. The van der Waals surface area contributed by atoms with Gasteiger partial charge in [0.15, 0.2) is 11.5 Å². The maximum Gasteiger partial charge on any atom is 0.387 e. The summed E-state index contributed by atoms with van der Waals surface area (Å²) in [5.41, 5.74) is 1.48. The molecule has 0 atom stereocenters. The molecular formula is C21H23F2NO4. The van der Waals surface area contributed by atoms with E-state index in [1.807, 2.05) is 24.3 Å². The van der Waals surface area contributed by atoms with E-state index in [4.69, 9.17) is 9.47 Å². The molecule has 0 aliphatic rings. The molecule has 2 aromatic carbocycles. The number of aryl methyl sites for hydroxylation is 1. The number of carbonyl (C=O) groups excluding carboxylic acids is 1. The molecule has 0 bridgehead atoms. The van der Waals surface area contributed by atoms with Crippen molar-refractivity contribution in [1.29, 1.82) is 0 Å². The fourth-order valence-electron chi connectivity index (χ4n) is 2.56. The molecule has 0 saturated carbocycles. The highest BCUT2D eigenvalue weighted by Crippen LogP contribution is 2.33. The van der Waals surface area contributed by atoms with Crippen LogP contribution < -0.4 is 19.5 Å². The minimum atomic E-state index is -2.99. The van der Waals surface area contributed by atoms with E-state index in [2.05, 4.69) is 10.1 Å². The fraction of sp³-hybridized carbons (Fsp3) is 0.286. The monoisotopic (exact) mass is 391 g/mol. The first-order chi connectivity index (χ1) is 13.5. The Hall–Kier alpha value is -3.09. The number of carbonyl (C=O) groups is 1. The third kappa shape index (κ3) is 6.57. The Balaban J connectivity index is 1.86. The van der Waals surface area contributed by atoms with Crippen LogP contribution in [-0.2, 0) is 11.2 Å². The summed E-state index contributed by atoms with van der Waals surface area (Å²) in [5.74, 6) is 0.543. The van der Waals surface area contributed by atoms with Crippen LogP contribution in [0.3, 0.4) is 0 Å². The van der Waals surface area contributed by atoms with Crippen LogP contribution in [0.15, 0.2) is 48.5 Å². The van der Waals surface area contributed by atoms with Gasteiger partial charge >= 0.3 is 6.61 Å². The van der Waals surface area contributed by atoms with Crippen molar-refractivity contribution in [2.75, 3.05) is 20.8 Å². The second kappa shape index (κ2) is 10.9. The molecule has 0 aliphatic carbocycles. The van der Waals surface area contributed by atoms with E-state index in [0.29, 0.717) is 12.1 Å². The molecule has 0 radical (unpaired) electrons. The van der Waals surface area contributed by atoms with Gasteiger partial charge in [0.2, 0.25) is 5.91 Å². The third-order valence-electron chi connectivity index (χ3n) is 3.95. The zero-order valence-electron chi connectivity index (χ0n) is 15.8. The van der Waals surface area contributed by atoms with Crippen LogP contribution >= 0.6 is 0 Å². The zero-order chi connectivity index (χ0) is 20.4. The quantitative estimate of drug-likeness (QED) is 0.490. The Bertz CT molecular complexity index is 791. The van der Waals surface area contributed by atoms with Crippen molar-refractivity contribution >= 4 is 12.0 Å². The van der Waals surface area contributed by atoms with E-state index < -0.39 is 6.61 Å². The fourth-order valence-corrected chi connectivity index (χ4v) is 2.56. The molecule has 0 aliphatic heterocycles. The van der Waals surface area contributed by atoms with E-state index in [1.54, 1.807) is 19.2 Å². The lowest BCUT2D eigenvalue weighted by Gasteiger charge is -2.12. The van der Waals surface area contributed by atoms with Crippen molar-refractivity contribution in [2.24, 2.45) is 0 Å². The van der Waals surface area contributed by atoms with Crippen molar-refractivity contribution in [1.82, 2.24) is 5.32 Å². The van der Waals surface area contributed by atoms with Crippen LogP contribution in [0, 0.1) is 0 Å². The number of methoxy groups -OCH3 is 2. The van der Waals surface area contributed by atoms with Gasteiger partial charge in [-0.05, 0) is 42.7 Å². The molecular weight excluding hydrogens is 368 g/mol. The minimum Gasteiger partial charge on any atom is -0.497 e. The number of halogens is 2. The standard InChI is InChI=1S/C21H23F2NO4/c1-26-17-11-8-15(9-12-17)5-4-14-24-19(25)13-10-16-6-3-7-18(27-2)20(16)28-21(22)23/h3,6-13,21H,4-5,14H2,1-2H3,(H,24,25)/b13-10+. The molecule has 0 saturated heterocycles. The van der Waals surface area contributed by atoms with Gasteiger partial charge in [-0.2, -0.15) is 8.78 Å². The van der Waals surface area contributed by atoms with E-state index in [9.17, 15) is 13.6 Å². The highest BCUT2D eigenvalue weighted by Gasteiger charge is 2.13. The van der Waals surface area contributed by atoms with E-state index in [0.717, 1.165) is 24.2 Å². The molecule has 1 amide bonds. The first-order valence-electron chi connectivity index (χ1n) is 8.74. The van der Waals surface area contributed by atoms with Gasteiger partial charge in [-0.25, -0.2) is 0 Å². The molecule has 0 spiro atoms. The number of benzene rings is 2. The van der Waals surface area contributed by atoms with Crippen molar-refractivity contribution in [3.05, 3.63) is 59.7 Å². The maximum absolute atomic E-state index is 12.6. The van der Waals surface area contributed by atoms with Crippen LogP contribution in [0.1, 0.15) is 17.5 Å². The van der Waals surface area contributed by atoms with Gasteiger partial charge in [-0.1, -0.05) is 24.3 Å². The van der Waals surface area contributed by atoms with Gasteiger partial charge in [0.05, 0.1) is 14.2 Å². The average Bonchev–Trinajstić information content (AvgIpc) is 2.70. The smallest absolute Gasteiger partial charge is 0.387 e. The topological polar surface area (TPSA) is 56.8 Å². The molecule has 0 unspecified atom stereocenters. The van der Waals surface area contributed by atoms with E-state index >= 15 is 0 Å². The number of nitrogens with one attached hydrogen (secondary N) is 1. The average molecular weight is 391 g/mol. The van der Waals surface area contributed by atoms with Crippen molar-refractivity contribution in [3.8, 4) is 17.2 Å². The Kier molecular flexibility index (Phi) is 8.27. The van der Waals surface area contributed by atoms with Crippen molar-refractivity contribution in [3.63, 3.8) is 0 Å². The maximum atomic E-state index is 12.6. The number of hydrogen-bond acceptors (Lipinski definition) is 4. The third-order valence-corrected chi connectivity index (χ3v) is 3.95. The van der Waals surface area contributed by atoms with Crippen LogP contribution in [0.2, 0.25) is 0 Å². The molecule has 150 valence electrons. The van der Waals surface area contributed by atoms with Crippen molar-refractivity contribution < 1.29 is 27.8 Å². The van der Waals surface area contributed by atoms with Gasteiger partial charge in [0.1, 0.15) is 5.75 Å². The van der Waals surface area contributed by atoms with E-state index in [-0.39, 0.29) is 17.4 Å². The number of ether oxygens (including phenoxy) is 3. The highest BCUT2D eigenvalue weighted by atomic mass is 19.3.